The van der Waals surface area contributed by atoms with Crippen molar-refractivity contribution in [2.45, 2.75) is 26.3 Å². The summed E-state index contributed by atoms with van der Waals surface area (Å²) in [5, 5.41) is 4.10. The lowest BCUT2D eigenvalue weighted by molar-refractivity contribution is -0.132. The molecule has 2 aromatic rings. The fourth-order valence-corrected chi connectivity index (χ4v) is 3.06. The monoisotopic (exact) mass is 358 g/mol. The SMILES string of the molecule is CCOCCC(=O)N1CCCN(Cc2noc(-c3ccccc3)n2)CC1. The van der Waals surface area contributed by atoms with Gasteiger partial charge < -0.3 is 14.2 Å². The Morgan fingerprint density at radius 1 is 1.19 bits per heavy atom. The van der Waals surface area contributed by atoms with Gasteiger partial charge in [0.05, 0.1) is 19.6 Å². The lowest BCUT2D eigenvalue weighted by atomic mass is 10.2. The van der Waals surface area contributed by atoms with Crippen LogP contribution in [0.1, 0.15) is 25.6 Å². The second-order valence-electron chi connectivity index (χ2n) is 6.34. The molecule has 1 aromatic carbocycles. The predicted octanol–water partition coefficient (Wildman–Crippen LogP) is 2.20. The van der Waals surface area contributed by atoms with Crippen LogP contribution in [0, 0.1) is 0 Å². The fourth-order valence-electron chi connectivity index (χ4n) is 3.06. The molecule has 1 aliphatic rings. The maximum absolute atomic E-state index is 12.2. The van der Waals surface area contributed by atoms with Crippen LogP contribution in [0.2, 0.25) is 0 Å². The van der Waals surface area contributed by atoms with E-state index in [4.69, 9.17) is 9.26 Å². The Hall–Kier alpha value is -2.25. The van der Waals surface area contributed by atoms with Crippen molar-refractivity contribution in [1.82, 2.24) is 19.9 Å². The van der Waals surface area contributed by atoms with Gasteiger partial charge in [-0.25, -0.2) is 0 Å². The van der Waals surface area contributed by atoms with Crippen LogP contribution >= 0.6 is 0 Å². The van der Waals surface area contributed by atoms with Crippen molar-refractivity contribution in [2.24, 2.45) is 0 Å². The van der Waals surface area contributed by atoms with E-state index in [2.05, 4.69) is 15.0 Å². The van der Waals surface area contributed by atoms with E-state index in [1.54, 1.807) is 0 Å². The van der Waals surface area contributed by atoms with Crippen LogP contribution < -0.4 is 0 Å². The quantitative estimate of drug-likeness (QED) is 0.707. The first-order valence-corrected chi connectivity index (χ1v) is 9.22. The number of ether oxygens (including phenoxy) is 1. The van der Waals surface area contributed by atoms with E-state index in [0.717, 1.165) is 38.2 Å². The Kier molecular flexibility index (Phi) is 6.74. The van der Waals surface area contributed by atoms with Crippen LogP contribution in [0.4, 0.5) is 0 Å². The molecule has 1 amide bonds. The van der Waals surface area contributed by atoms with E-state index in [1.165, 1.54) is 0 Å². The van der Waals surface area contributed by atoms with Crippen molar-refractivity contribution < 1.29 is 14.1 Å². The molecule has 3 rings (SSSR count). The molecule has 2 heterocycles. The molecule has 140 valence electrons. The molecular formula is C19H26N4O3. The third-order valence-electron chi connectivity index (χ3n) is 4.46. The summed E-state index contributed by atoms with van der Waals surface area (Å²) in [4.78, 5) is 20.9. The van der Waals surface area contributed by atoms with Gasteiger partial charge in [-0.2, -0.15) is 4.98 Å². The highest BCUT2D eigenvalue weighted by Crippen LogP contribution is 2.17. The number of carbonyl (C=O) groups is 1. The molecule has 7 nitrogen and oxygen atoms in total. The average Bonchev–Trinajstić information content (AvgIpc) is 3.00. The molecule has 0 unspecified atom stereocenters. The summed E-state index contributed by atoms with van der Waals surface area (Å²) in [7, 11) is 0. The zero-order valence-corrected chi connectivity index (χ0v) is 15.3. The highest BCUT2D eigenvalue weighted by Gasteiger charge is 2.20. The first-order chi connectivity index (χ1) is 12.8. The molecule has 0 bridgehead atoms. The second kappa shape index (κ2) is 9.45. The van der Waals surface area contributed by atoms with E-state index in [-0.39, 0.29) is 5.91 Å². The maximum Gasteiger partial charge on any atom is 0.257 e. The molecule has 0 aliphatic carbocycles. The van der Waals surface area contributed by atoms with Crippen LogP contribution in [0.25, 0.3) is 11.5 Å². The second-order valence-corrected chi connectivity index (χ2v) is 6.34. The topological polar surface area (TPSA) is 71.7 Å². The Labute approximate surface area is 153 Å². The fraction of sp³-hybridized carbons (Fsp3) is 0.526. The van der Waals surface area contributed by atoms with Crippen molar-refractivity contribution in [3.05, 3.63) is 36.2 Å². The van der Waals surface area contributed by atoms with Crippen molar-refractivity contribution in [1.29, 1.82) is 0 Å². The minimum atomic E-state index is 0.172. The molecular weight excluding hydrogens is 332 g/mol. The predicted molar refractivity (Wildman–Crippen MR) is 97.3 cm³/mol. The van der Waals surface area contributed by atoms with Crippen LogP contribution in [-0.4, -0.2) is 65.2 Å². The summed E-state index contributed by atoms with van der Waals surface area (Å²) in [6.45, 7) is 6.99. The van der Waals surface area contributed by atoms with Gasteiger partial charge in [-0.15, -0.1) is 0 Å². The summed E-state index contributed by atoms with van der Waals surface area (Å²) in [6.07, 6.45) is 1.41. The highest BCUT2D eigenvalue weighted by molar-refractivity contribution is 5.76. The van der Waals surface area contributed by atoms with E-state index in [0.29, 0.717) is 37.9 Å². The number of rotatable bonds is 7. The largest absolute Gasteiger partial charge is 0.381 e. The summed E-state index contributed by atoms with van der Waals surface area (Å²) in [5.74, 6) is 1.40. The third-order valence-corrected chi connectivity index (χ3v) is 4.46. The molecule has 0 atom stereocenters. The molecule has 26 heavy (non-hydrogen) atoms. The number of benzene rings is 1. The standard InChI is InChI=1S/C19H26N4O3/c1-2-25-14-9-18(24)23-11-6-10-22(12-13-23)15-17-20-19(26-21-17)16-7-4-3-5-8-16/h3-5,7-8H,2,6,9-15H2,1H3. The molecule has 1 saturated heterocycles. The number of amides is 1. The van der Waals surface area contributed by atoms with Gasteiger partial charge in [0.25, 0.3) is 5.89 Å². The van der Waals surface area contributed by atoms with Gasteiger partial charge >= 0.3 is 0 Å². The van der Waals surface area contributed by atoms with E-state index >= 15 is 0 Å². The van der Waals surface area contributed by atoms with Gasteiger partial charge in [-0.1, -0.05) is 23.4 Å². The molecule has 0 spiro atoms. The molecule has 1 aliphatic heterocycles. The molecule has 1 aromatic heterocycles. The Bertz CT molecular complexity index is 689. The lowest BCUT2D eigenvalue weighted by Gasteiger charge is -2.21. The number of hydrogen-bond acceptors (Lipinski definition) is 6. The number of carbonyl (C=O) groups excluding carboxylic acids is 1. The van der Waals surface area contributed by atoms with E-state index in [1.807, 2.05) is 42.2 Å². The maximum atomic E-state index is 12.2. The van der Waals surface area contributed by atoms with Gasteiger partial charge in [0.1, 0.15) is 0 Å². The first-order valence-electron chi connectivity index (χ1n) is 9.22. The van der Waals surface area contributed by atoms with Crippen molar-refractivity contribution in [3.63, 3.8) is 0 Å². The van der Waals surface area contributed by atoms with Crippen LogP contribution in [0.15, 0.2) is 34.9 Å². The van der Waals surface area contributed by atoms with E-state index < -0.39 is 0 Å². The number of aromatic nitrogens is 2. The molecule has 0 saturated carbocycles. The minimum Gasteiger partial charge on any atom is -0.381 e. The summed E-state index contributed by atoms with van der Waals surface area (Å²) in [5.41, 5.74) is 0.924. The Morgan fingerprint density at radius 3 is 2.85 bits per heavy atom. The first kappa shape index (κ1) is 18.5. The van der Waals surface area contributed by atoms with E-state index in [9.17, 15) is 4.79 Å². The third kappa shape index (κ3) is 5.12. The van der Waals surface area contributed by atoms with Gasteiger partial charge in [-0.05, 0) is 25.5 Å². The Balaban J connectivity index is 1.51. The number of nitrogens with zero attached hydrogens (tertiary/aromatic N) is 4. The summed E-state index contributed by atoms with van der Waals surface area (Å²) < 4.78 is 10.7. The average molecular weight is 358 g/mol. The van der Waals surface area contributed by atoms with Gasteiger partial charge in [0.15, 0.2) is 5.82 Å². The van der Waals surface area contributed by atoms with Crippen LogP contribution in [0.3, 0.4) is 0 Å². The summed E-state index contributed by atoms with van der Waals surface area (Å²) >= 11 is 0. The van der Waals surface area contributed by atoms with Crippen LogP contribution in [-0.2, 0) is 16.1 Å². The summed E-state index contributed by atoms with van der Waals surface area (Å²) in [6, 6.07) is 9.76. The smallest absolute Gasteiger partial charge is 0.257 e. The molecule has 7 heteroatoms. The van der Waals surface area contributed by atoms with Crippen molar-refractivity contribution >= 4 is 5.91 Å². The molecule has 0 radical (unpaired) electrons. The normalized spacial score (nSPS) is 15.8. The lowest BCUT2D eigenvalue weighted by Crippen LogP contribution is -2.35. The van der Waals surface area contributed by atoms with Crippen molar-refractivity contribution in [2.75, 3.05) is 39.4 Å². The van der Waals surface area contributed by atoms with Gasteiger partial charge in [0.2, 0.25) is 5.91 Å². The zero-order valence-electron chi connectivity index (χ0n) is 15.3. The zero-order chi connectivity index (χ0) is 18.2. The molecule has 1 fully saturated rings. The van der Waals surface area contributed by atoms with Gasteiger partial charge in [-0.3, -0.25) is 9.69 Å². The molecule has 0 N–H and O–H groups in total. The minimum absolute atomic E-state index is 0.172. The Morgan fingerprint density at radius 2 is 2.04 bits per heavy atom. The van der Waals surface area contributed by atoms with Crippen molar-refractivity contribution in [3.8, 4) is 11.5 Å². The highest BCUT2D eigenvalue weighted by atomic mass is 16.5. The van der Waals surface area contributed by atoms with Gasteiger partial charge in [0, 0.05) is 38.3 Å². The number of hydrogen-bond donors (Lipinski definition) is 0. The van der Waals surface area contributed by atoms with Crippen LogP contribution in [0.5, 0.6) is 0 Å².